The topological polar surface area (TPSA) is 60.9 Å². The summed E-state index contributed by atoms with van der Waals surface area (Å²) in [6, 6.07) is 7.47. The Balaban J connectivity index is 2.30. The van der Waals surface area contributed by atoms with Gasteiger partial charge in [-0.25, -0.2) is 4.98 Å². The summed E-state index contributed by atoms with van der Waals surface area (Å²) in [5.74, 6) is 0.825. The number of para-hydroxylation sites is 2. The average molecular weight is 231 g/mol. The predicted molar refractivity (Wildman–Crippen MR) is 67.7 cm³/mol. The van der Waals surface area contributed by atoms with E-state index in [0.29, 0.717) is 12.8 Å². The number of Topliss-reactive ketones (excluding diaryl/α,β-unsaturated/α-hetero) is 1. The van der Waals surface area contributed by atoms with Crippen molar-refractivity contribution in [2.75, 3.05) is 0 Å². The first-order valence-electron chi connectivity index (χ1n) is 5.82. The van der Waals surface area contributed by atoms with Crippen LogP contribution in [0.25, 0.3) is 11.0 Å². The molecule has 0 saturated heterocycles. The molecule has 0 aliphatic carbocycles. The lowest BCUT2D eigenvalue weighted by molar-refractivity contribution is -0.119. The molecule has 0 spiro atoms. The first-order valence-corrected chi connectivity index (χ1v) is 5.82. The molecule has 0 aliphatic heterocycles. The van der Waals surface area contributed by atoms with Crippen molar-refractivity contribution in [2.45, 2.75) is 25.8 Å². The molecule has 1 atom stereocenters. The molecule has 4 heteroatoms. The minimum Gasteiger partial charge on any atom is -0.331 e. The van der Waals surface area contributed by atoms with Crippen molar-refractivity contribution in [3.05, 3.63) is 30.1 Å². The molecular weight excluding hydrogens is 214 g/mol. The number of carbonyl (C=O) groups is 1. The smallest absolute Gasteiger partial charge is 0.157 e. The molecule has 0 saturated carbocycles. The number of benzene rings is 1. The summed E-state index contributed by atoms with van der Waals surface area (Å²) < 4.78 is 1.95. The van der Waals surface area contributed by atoms with E-state index in [1.54, 1.807) is 0 Å². The van der Waals surface area contributed by atoms with Gasteiger partial charge in [0.1, 0.15) is 5.82 Å². The number of nitrogens with zero attached hydrogens (tertiary/aromatic N) is 2. The van der Waals surface area contributed by atoms with Crippen molar-refractivity contribution >= 4 is 16.8 Å². The molecule has 2 rings (SSSR count). The standard InChI is InChI=1S/C13H17N3O/c1-3-9(14)12(17)8-13-15-10-6-4-5-7-11(10)16(13)2/h4-7,9H,3,8,14H2,1-2H3. The molecule has 2 N–H and O–H groups in total. The summed E-state index contributed by atoms with van der Waals surface area (Å²) in [4.78, 5) is 16.2. The normalized spacial score (nSPS) is 12.9. The van der Waals surface area contributed by atoms with Gasteiger partial charge in [-0.05, 0) is 18.6 Å². The Labute approximate surface area is 100 Å². The number of nitrogens with two attached hydrogens (primary N) is 1. The molecule has 1 unspecified atom stereocenters. The van der Waals surface area contributed by atoms with Gasteiger partial charge in [-0.3, -0.25) is 4.79 Å². The second-order valence-electron chi connectivity index (χ2n) is 4.23. The number of fused-ring (bicyclic) bond motifs is 1. The quantitative estimate of drug-likeness (QED) is 0.865. The molecular formula is C13H17N3O. The molecule has 17 heavy (non-hydrogen) atoms. The van der Waals surface area contributed by atoms with Gasteiger partial charge in [0.2, 0.25) is 0 Å². The molecule has 1 aromatic heterocycles. The summed E-state index contributed by atoms with van der Waals surface area (Å²) in [6.07, 6.45) is 0.975. The largest absolute Gasteiger partial charge is 0.331 e. The van der Waals surface area contributed by atoms with E-state index in [1.165, 1.54) is 0 Å². The third-order valence-electron chi connectivity index (χ3n) is 3.07. The summed E-state index contributed by atoms with van der Waals surface area (Å²) in [7, 11) is 1.93. The van der Waals surface area contributed by atoms with Crippen LogP contribution >= 0.6 is 0 Å². The summed E-state index contributed by atoms with van der Waals surface area (Å²) in [6.45, 7) is 1.91. The number of carbonyl (C=O) groups excluding carboxylic acids is 1. The highest BCUT2D eigenvalue weighted by molar-refractivity contribution is 5.86. The van der Waals surface area contributed by atoms with Gasteiger partial charge < -0.3 is 10.3 Å². The minimum atomic E-state index is -0.380. The van der Waals surface area contributed by atoms with Crippen molar-refractivity contribution in [3.63, 3.8) is 0 Å². The highest BCUT2D eigenvalue weighted by Gasteiger charge is 2.15. The van der Waals surface area contributed by atoms with Crippen LogP contribution in [0.4, 0.5) is 0 Å². The van der Waals surface area contributed by atoms with Crippen LogP contribution in [0, 0.1) is 0 Å². The third kappa shape index (κ3) is 2.22. The van der Waals surface area contributed by atoms with Crippen LogP contribution in [0.5, 0.6) is 0 Å². The molecule has 0 radical (unpaired) electrons. The van der Waals surface area contributed by atoms with Crippen molar-refractivity contribution < 1.29 is 4.79 Å². The van der Waals surface area contributed by atoms with Crippen LogP contribution < -0.4 is 5.73 Å². The SMILES string of the molecule is CCC(N)C(=O)Cc1nc2ccccc2n1C. The Hall–Kier alpha value is -1.68. The second-order valence-corrected chi connectivity index (χ2v) is 4.23. The van der Waals surface area contributed by atoms with Gasteiger partial charge in [0.15, 0.2) is 5.78 Å². The molecule has 0 aliphatic rings. The van der Waals surface area contributed by atoms with Crippen molar-refractivity contribution in [2.24, 2.45) is 12.8 Å². The van der Waals surface area contributed by atoms with Crippen LogP contribution in [0.3, 0.4) is 0 Å². The highest BCUT2D eigenvalue weighted by atomic mass is 16.1. The number of hydrogen-bond donors (Lipinski definition) is 1. The van der Waals surface area contributed by atoms with Crippen LogP contribution in [-0.4, -0.2) is 21.4 Å². The fraction of sp³-hybridized carbons (Fsp3) is 0.385. The fourth-order valence-electron chi connectivity index (χ4n) is 1.87. The van der Waals surface area contributed by atoms with E-state index in [-0.39, 0.29) is 11.8 Å². The molecule has 1 heterocycles. The fourth-order valence-corrected chi connectivity index (χ4v) is 1.87. The first kappa shape index (κ1) is 11.8. The third-order valence-corrected chi connectivity index (χ3v) is 3.07. The van der Waals surface area contributed by atoms with Crippen molar-refractivity contribution in [3.8, 4) is 0 Å². The predicted octanol–water partition coefficient (Wildman–Crippen LogP) is 1.42. The van der Waals surface area contributed by atoms with Crippen molar-refractivity contribution in [1.29, 1.82) is 0 Å². The maximum absolute atomic E-state index is 11.8. The summed E-state index contributed by atoms with van der Waals surface area (Å²) >= 11 is 0. The first-order chi connectivity index (χ1) is 8.13. The van der Waals surface area contributed by atoms with Gasteiger partial charge >= 0.3 is 0 Å². The van der Waals surface area contributed by atoms with Crippen LogP contribution in [0.2, 0.25) is 0 Å². The number of rotatable bonds is 4. The van der Waals surface area contributed by atoms with E-state index < -0.39 is 0 Å². The van der Waals surface area contributed by atoms with Crippen LogP contribution in [0.1, 0.15) is 19.2 Å². The van der Waals surface area contributed by atoms with E-state index in [9.17, 15) is 4.79 Å². The number of hydrogen-bond acceptors (Lipinski definition) is 3. The number of imidazole rings is 1. The maximum Gasteiger partial charge on any atom is 0.157 e. The van der Waals surface area contributed by atoms with Gasteiger partial charge in [-0.2, -0.15) is 0 Å². The molecule has 0 amide bonds. The Kier molecular flexibility index (Phi) is 3.24. The van der Waals surface area contributed by atoms with Gasteiger partial charge in [0.05, 0.1) is 23.5 Å². The Morgan fingerprint density at radius 2 is 2.18 bits per heavy atom. The van der Waals surface area contributed by atoms with E-state index in [1.807, 2.05) is 42.8 Å². The molecule has 0 bridgehead atoms. The molecule has 90 valence electrons. The van der Waals surface area contributed by atoms with Gasteiger partial charge in [0.25, 0.3) is 0 Å². The van der Waals surface area contributed by atoms with E-state index in [0.717, 1.165) is 16.9 Å². The zero-order chi connectivity index (χ0) is 12.4. The van der Waals surface area contributed by atoms with Crippen molar-refractivity contribution in [1.82, 2.24) is 9.55 Å². The van der Waals surface area contributed by atoms with Gasteiger partial charge in [-0.1, -0.05) is 19.1 Å². The summed E-state index contributed by atoms with van der Waals surface area (Å²) in [5.41, 5.74) is 7.68. The number of aryl methyl sites for hydroxylation is 1. The highest BCUT2D eigenvalue weighted by Crippen LogP contribution is 2.14. The molecule has 0 fully saturated rings. The summed E-state index contributed by atoms with van der Waals surface area (Å²) in [5, 5.41) is 0. The number of ketones is 1. The zero-order valence-electron chi connectivity index (χ0n) is 10.2. The lowest BCUT2D eigenvalue weighted by atomic mass is 10.1. The van der Waals surface area contributed by atoms with Gasteiger partial charge in [0, 0.05) is 7.05 Å². The molecule has 4 nitrogen and oxygen atoms in total. The lowest BCUT2D eigenvalue weighted by Gasteiger charge is -2.07. The Morgan fingerprint density at radius 1 is 1.47 bits per heavy atom. The lowest BCUT2D eigenvalue weighted by Crippen LogP contribution is -2.31. The second kappa shape index (κ2) is 4.67. The zero-order valence-corrected chi connectivity index (χ0v) is 10.2. The maximum atomic E-state index is 11.8. The van der Waals surface area contributed by atoms with E-state index in [2.05, 4.69) is 4.98 Å². The Morgan fingerprint density at radius 3 is 2.82 bits per heavy atom. The number of aromatic nitrogens is 2. The van der Waals surface area contributed by atoms with Crippen LogP contribution in [-0.2, 0) is 18.3 Å². The molecule has 2 aromatic rings. The van der Waals surface area contributed by atoms with E-state index in [4.69, 9.17) is 5.73 Å². The monoisotopic (exact) mass is 231 g/mol. The van der Waals surface area contributed by atoms with Gasteiger partial charge in [-0.15, -0.1) is 0 Å². The molecule has 1 aromatic carbocycles. The Bertz CT molecular complexity index is 545. The van der Waals surface area contributed by atoms with E-state index >= 15 is 0 Å². The van der Waals surface area contributed by atoms with Crippen LogP contribution in [0.15, 0.2) is 24.3 Å². The average Bonchev–Trinajstić information content (AvgIpc) is 2.66. The minimum absolute atomic E-state index is 0.0471.